The summed E-state index contributed by atoms with van der Waals surface area (Å²) >= 11 is 0. The molecule has 1 radical (unpaired) electrons. The van der Waals surface area contributed by atoms with E-state index in [0.29, 0.717) is 0 Å². The molecule has 1 fully saturated rings. The molecule has 0 unspecified atom stereocenters. The van der Waals surface area contributed by atoms with Crippen LogP contribution in [0.15, 0.2) is 24.3 Å². The van der Waals surface area contributed by atoms with Gasteiger partial charge >= 0.3 is 6.36 Å². The summed E-state index contributed by atoms with van der Waals surface area (Å²) in [6.07, 6.45) is -0.374. The lowest BCUT2D eigenvalue weighted by atomic mass is 10.1. The van der Waals surface area contributed by atoms with Crippen molar-refractivity contribution in [3.8, 4) is 5.75 Å². The number of alkyl halides is 3. The topological polar surface area (TPSA) is 12.5 Å². The number of anilines is 1. The molecule has 0 aromatic heterocycles. The summed E-state index contributed by atoms with van der Waals surface area (Å²) in [5, 5.41) is 0. The lowest BCUT2D eigenvalue weighted by Gasteiger charge is -2.28. The zero-order valence-corrected chi connectivity index (χ0v) is 9.20. The molecule has 2 nitrogen and oxygen atoms in total. The molecular formula is C12H13F3NO. The zero-order chi connectivity index (χ0) is 12.3. The molecule has 17 heavy (non-hydrogen) atoms. The molecule has 1 saturated heterocycles. The second kappa shape index (κ2) is 4.85. The van der Waals surface area contributed by atoms with Crippen molar-refractivity contribution in [3.05, 3.63) is 30.7 Å². The van der Waals surface area contributed by atoms with Gasteiger partial charge in [-0.2, -0.15) is 0 Å². The number of rotatable bonds is 2. The van der Waals surface area contributed by atoms with Crippen LogP contribution in [0, 0.1) is 6.42 Å². The fourth-order valence-electron chi connectivity index (χ4n) is 1.87. The summed E-state index contributed by atoms with van der Waals surface area (Å²) in [5.74, 6) is -0.176. The Bertz CT molecular complexity index is 355. The van der Waals surface area contributed by atoms with E-state index in [2.05, 4.69) is 16.1 Å². The van der Waals surface area contributed by atoms with E-state index in [0.717, 1.165) is 31.6 Å². The van der Waals surface area contributed by atoms with Crippen LogP contribution in [0.1, 0.15) is 12.8 Å². The Morgan fingerprint density at radius 1 is 1.00 bits per heavy atom. The maximum Gasteiger partial charge on any atom is 0.573 e. The van der Waals surface area contributed by atoms with Crippen molar-refractivity contribution in [2.75, 3.05) is 18.0 Å². The largest absolute Gasteiger partial charge is 0.573 e. The fourth-order valence-corrected chi connectivity index (χ4v) is 1.87. The molecule has 93 valence electrons. The van der Waals surface area contributed by atoms with Gasteiger partial charge in [0, 0.05) is 18.8 Å². The minimum absolute atomic E-state index is 0.176. The average Bonchev–Trinajstić information content (AvgIpc) is 2.29. The van der Waals surface area contributed by atoms with Crippen LogP contribution in [0.2, 0.25) is 0 Å². The molecule has 1 aromatic rings. The van der Waals surface area contributed by atoms with Gasteiger partial charge in [-0.3, -0.25) is 0 Å². The van der Waals surface area contributed by atoms with Gasteiger partial charge < -0.3 is 9.64 Å². The van der Waals surface area contributed by atoms with Crippen molar-refractivity contribution >= 4 is 5.69 Å². The summed E-state index contributed by atoms with van der Waals surface area (Å²) in [4.78, 5) is 2.15. The van der Waals surface area contributed by atoms with Crippen LogP contribution in [0.25, 0.3) is 0 Å². The lowest BCUT2D eigenvalue weighted by Crippen LogP contribution is -2.29. The van der Waals surface area contributed by atoms with E-state index in [-0.39, 0.29) is 5.75 Å². The molecule has 1 aromatic carbocycles. The van der Waals surface area contributed by atoms with Crippen LogP contribution in [-0.4, -0.2) is 19.5 Å². The first kappa shape index (κ1) is 12.1. The first-order valence-corrected chi connectivity index (χ1v) is 5.47. The molecule has 5 heteroatoms. The van der Waals surface area contributed by atoms with E-state index in [9.17, 15) is 13.2 Å². The molecule has 0 amide bonds. The third-order valence-corrected chi connectivity index (χ3v) is 2.64. The Hall–Kier alpha value is -1.39. The van der Waals surface area contributed by atoms with E-state index in [1.54, 1.807) is 12.1 Å². The highest BCUT2D eigenvalue weighted by Crippen LogP contribution is 2.26. The minimum atomic E-state index is -4.62. The van der Waals surface area contributed by atoms with Crippen LogP contribution in [0.5, 0.6) is 5.75 Å². The molecule has 1 aliphatic rings. The van der Waals surface area contributed by atoms with Crippen molar-refractivity contribution in [2.24, 2.45) is 0 Å². The molecule has 0 bridgehead atoms. The van der Waals surface area contributed by atoms with E-state index in [1.807, 2.05) is 0 Å². The van der Waals surface area contributed by atoms with Gasteiger partial charge in [0.2, 0.25) is 0 Å². The molecule has 0 aliphatic carbocycles. The number of hydrogen-bond acceptors (Lipinski definition) is 2. The number of piperidine rings is 1. The van der Waals surface area contributed by atoms with Gasteiger partial charge in [-0.25, -0.2) is 0 Å². The first-order valence-electron chi connectivity index (χ1n) is 5.47. The van der Waals surface area contributed by atoms with Gasteiger partial charge in [0.1, 0.15) is 5.75 Å². The minimum Gasteiger partial charge on any atom is -0.406 e. The lowest BCUT2D eigenvalue weighted by molar-refractivity contribution is -0.274. The molecule has 1 heterocycles. The second-order valence-electron chi connectivity index (χ2n) is 3.89. The van der Waals surface area contributed by atoms with Crippen molar-refractivity contribution in [1.29, 1.82) is 0 Å². The first-order chi connectivity index (χ1) is 8.04. The molecule has 1 aliphatic heterocycles. The molecule has 0 N–H and O–H groups in total. The molecular weight excluding hydrogens is 231 g/mol. The SMILES string of the molecule is FC(F)(F)Oc1ccc(N2CC[CH]CC2)cc1. The molecule has 2 rings (SSSR count). The smallest absolute Gasteiger partial charge is 0.406 e. The fraction of sp³-hybridized carbons (Fsp3) is 0.417. The van der Waals surface area contributed by atoms with Crippen LogP contribution >= 0.6 is 0 Å². The monoisotopic (exact) mass is 244 g/mol. The van der Waals surface area contributed by atoms with E-state index < -0.39 is 6.36 Å². The van der Waals surface area contributed by atoms with Crippen molar-refractivity contribution in [1.82, 2.24) is 0 Å². The van der Waals surface area contributed by atoms with E-state index in [1.165, 1.54) is 12.1 Å². The standard InChI is InChI=1S/C12H13F3NO/c13-12(14,15)17-11-6-4-10(5-7-11)16-8-2-1-3-9-16/h1,4-7H,2-3,8-9H2. The molecule has 0 atom stereocenters. The highest BCUT2D eigenvalue weighted by atomic mass is 19.4. The van der Waals surface area contributed by atoms with Crippen LogP contribution in [-0.2, 0) is 0 Å². The highest BCUT2D eigenvalue weighted by molar-refractivity contribution is 5.49. The van der Waals surface area contributed by atoms with Crippen molar-refractivity contribution < 1.29 is 17.9 Å². The van der Waals surface area contributed by atoms with Crippen molar-refractivity contribution in [3.63, 3.8) is 0 Å². The Labute approximate surface area is 98.0 Å². The molecule has 0 saturated carbocycles. The van der Waals surface area contributed by atoms with Crippen LogP contribution in [0.3, 0.4) is 0 Å². The predicted molar refractivity (Wildman–Crippen MR) is 58.9 cm³/mol. The third-order valence-electron chi connectivity index (χ3n) is 2.64. The van der Waals surface area contributed by atoms with Gasteiger partial charge in [-0.15, -0.1) is 13.2 Å². The van der Waals surface area contributed by atoms with E-state index in [4.69, 9.17) is 0 Å². The quantitative estimate of drug-likeness (QED) is 0.790. The number of halogens is 3. The summed E-state index contributed by atoms with van der Waals surface area (Å²) < 4.78 is 39.7. The maximum atomic E-state index is 12.0. The maximum absolute atomic E-state index is 12.0. The summed E-state index contributed by atoms with van der Waals surface area (Å²) in [5.41, 5.74) is 0.938. The second-order valence-corrected chi connectivity index (χ2v) is 3.89. The van der Waals surface area contributed by atoms with Crippen LogP contribution in [0.4, 0.5) is 18.9 Å². The number of benzene rings is 1. The summed E-state index contributed by atoms with van der Waals surface area (Å²) in [7, 11) is 0. The number of nitrogens with zero attached hydrogens (tertiary/aromatic N) is 1. The van der Waals surface area contributed by atoms with Gasteiger partial charge in [0.05, 0.1) is 0 Å². The Morgan fingerprint density at radius 3 is 2.12 bits per heavy atom. The van der Waals surface area contributed by atoms with Crippen molar-refractivity contribution in [2.45, 2.75) is 19.2 Å². The van der Waals surface area contributed by atoms with Gasteiger partial charge in [-0.1, -0.05) is 0 Å². The molecule has 0 spiro atoms. The van der Waals surface area contributed by atoms with Gasteiger partial charge in [0.15, 0.2) is 0 Å². The summed E-state index contributed by atoms with van der Waals surface area (Å²) in [6.45, 7) is 1.83. The number of hydrogen-bond donors (Lipinski definition) is 0. The van der Waals surface area contributed by atoms with Gasteiger partial charge in [0.25, 0.3) is 0 Å². The van der Waals surface area contributed by atoms with Gasteiger partial charge in [-0.05, 0) is 43.5 Å². The normalized spacial score (nSPS) is 17.0. The van der Waals surface area contributed by atoms with Crippen LogP contribution < -0.4 is 9.64 Å². The number of ether oxygens (including phenoxy) is 1. The summed E-state index contributed by atoms with van der Waals surface area (Å²) in [6, 6.07) is 6.01. The zero-order valence-electron chi connectivity index (χ0n) is 9.20. The Morgan fingerprint density at radius 2 is 1.59 bits per heavy atom. The Kier molecular flexibility index (Phi) is 3.45. The third kappa shape index (κ3) is 3.54. The Balaban J connectivity index is 2.02. The predicted octanol–water partition coefficient (Wildman–Crippen LogP) is 3.39. The highest BCUT2D eigenvalue weighted by Gasteiger charge is 2.31. The van der Waals surface area contributed by atoms with E-state index >= 15 is 0 Å². The average molecular weight is 244 g/mol.